The average Bonchev–Trinajstić information content (AvgIpc) is 2.64. The van der Waals surface area contributed by atoms with E-state index in [0.29, 0.717) is 0 Å². The van der Waals surface area contributed by atoms with Crippen LogP contribution in [0.25, 0.3) is 0 Å². The van der Waals surface area contributed by atoms with Gasteiger partial charge in [0.1, 0.15) is 6.10 Å². The molecule has 0 aliphatic carbocycles. The highest BCUT2D eigenvalue weighted by molar-refractivity contribution is 9.11. The lowest BCUT2D eigenvalue weighted by Crippen LogP contribution is -2.26. The molecule has 1 heterocycles. The monoisotopic (exact) mass is 305 g/mol. The van der Waals surface area contributed by atoms with Crippen LogP contribution in [0.1, 0.15) is 44.1 Å². The Bertz CT molecular complexity index is 301. The zero-order chi connectivity index (χ0) is 12.0. The summed E-state index contributed by atoms with van der Waals surface area (Å²) < 4.78 is 7.00. The molecule has 0 bridgehead atoms. The van der Waals surface area contributed by atoms with Crippen LogP contribution in [0.15, 0.2) is 15.9 Å². The molecule has 1 aromatic heterocycles. The zero-order valence-corrected chi connectivity index (χ0v) is 12.3. The summed E-state index contributed by atoms with van der Waals surface area (Å²) in [6.07, 6.45) is 3.59. The summed E-state index contributed by atoms with van der Waals surface area (Å²) in [7, 11) is 0. The summed E-state index contributed by atoms with van der Waals surface area (Å²) in [5, 5.41) is 0. The van der Waals surface area contributed by atoms with Crippen molar-refractivity contribution in [3.05, 3.63) is 20.8 Å². The maximum atomic E-state index is 5.96. The molecule has 0 aromatic carbocycles. The number of unbranched alkanes of at least 4 members (excludes halogenated alkanes) is 2. The van der Waals surface area contributed by atoms with E-state index < -0.39 is 0 Å². The van der Waals surface area contributed by atoms with Crippen LogP contribution in [-0.4, -0.2) is 12.6 Å². The lowest BCUT2D eigenvalue weighted by Gasteiger charge is -2.20. The van der Waals surface area contributed by atoms with Crippen molar-refractivity contribution in [1.29, 1.82) is 0 Å². The number of hydrogen-bond donors (Lipinski definition) is 1. The molecule has 0 aliphatic rings. The fourth-order valence-corrected chi connectivity index (χ4v) is 3.13. The van der Waals surface area contributed by atoms with Crippen LogP contribution in [0, 0.1) is 0 Å². The lowest BCUT2D eigenvalue weighted by atomic mass is 10.1. The average molecular weight is 306 g/mol. The third-order valence-corrected chi connectivity index (χ3v) is 4.08. The molecule has 1 rings (SSSR count). The van der Waals surface area contributed by atoms with Gasteiger partial charge in [0.2, 0.25) is 0 Å². The summed E-state index contributed by atoms with van der Waals surface area (Å²) in [6.45, 7) is 4.99. The van der Waals surface area contributed by atoms with E-state index in [2.05, 4.69) is 28.9 Å². The minimum absolute atomic E-state index is 0.0344. The van der Waals surface area contributed by atoms with E-state index in [1.54, 1.807) is 11.3 Å². The number of rotatable bonds is 7. The van der Waals surface area contributed by atoms with Crippen molar-refractivity contribution >= 4 is 27.3 Å². The normalized spacial score (nSPS) is 15.0. The minimum Gasteiger partial charge on any atom is -0.371 e. The smallest absolute Gasteiger partial charge is 0.106 e. The van der Waals surface area contributed by atoms with E-state index in [9.17, 15) is 0 Å². The van der Waals surface area contributed by atoms with Gasteiger partial charge in [-0.05, 0) is 41.4 Å². The molecule has 2 unspecified atom stereocenters. The van der Waals surface area contributed by atoms with E-state index in [-0.39, 0.29) is 12.1 Å². The van der Waals surface area contributed by atoms with Gasteiger partial charge in [0, 0.05) is 17.5 Å². The second-order valence-corrected chi connectivity index (χ2v) is 6.49. The van der Waals surface area contributed by atoms with Crippen molar-refractivity contribution in [2.75, 3.05) is 6.61 Å². The van der Waals surface area contributed by atoms with Gasteiger partial charge in [0.05, 0.1) is 3.79 Å². The van der Waals surface area contributed by atoms with Crippen molar-refractivity contribution in [1.82, 2.24) is 0 Å². The second-order valence-electron chi connectivity index (χ2n) is 4.00. The molecule has 0 radical (unpaired) electrons. The maximum Gasteiger partial charge on any atom is 0.106 e. The first-order valence-electron chi connectivity index (χ1n) is 5.77. The molecular formula is C12H20BrNOS. The number of nitrogens with two attached hydrogens (primary N) is 1. The van der Waals surface area contributed by atoms with Crippen molar-refractivity contribution in [2.45, 2.75) is 45.3 Å². The molecule has 16 heavy (non-hydrogen) atoms. The van der Waals surface area contributed by atoms with Gasteiger partial charge in [-0.1, -0.05) is 19.8 Å². The molecular weight excluding hydrogens is 286 g/mol. The molecule has 2 N–H and O–H groups in total. The first kappa shape index (κ1) is 14.2. The first-order chi connectivity index (χ1) is 7.65. The molecule has 0 saturated heterocycles. The largest absolute Gasteiger partial charge is 0.371 e. The highest BCUT2D eigenvalue weighted by Gasteiger charge is 2.18. The second kappa shape index (κ2) is 7.43. The SMILES string of the molecule is CCCCCOC(c1ccc(Br)s1)C(C)N. The van der Waals surface area contributed by atoms with Crippen LogP contribution in [0.4, 0.5) is 0 Å². The summed E-state index contributed by atoms with van der Waals surface area (Å²) in [6, 6.07) is 4.17. The maximum absolute atomic E-state index is 5.96. The minimum atomic E-state index is 0.0344. The number of thiophene rings is 1. The molecule has 4 heteroatoms. The third-order valence-electron chi connectivity index (χ3n) is 2.40. The Kier molecular flexibility index (Phi) is 6.58. The van der Waals surface area contributed by atoms with Gasteiger partial charge in [-0.25, -0.2) is 0 Å². The van der Waals surface area contributed by atoms with E-state index in [0.717, 1.165) is 16.8 Å². The van der Waals surface area contributed by atoms with Gasteiger partial charge < -0.3 is 10.5 Å². The highest BCUT2D eigenvalue weighted by Crippen LogP contribution is 2.30. The summed E-state index contributed by atoms with van der Waals surface area (Å²) >= 11 is 5.16. The van der Waals surface area contributed by atoms with Gasteiger partial charge in [0.15, 0.2) is 0 Å². The van der Waals surface area contributed by atoms with Gasteiger partial charge in [-0.2, -0.15) is 0 Å². The fourth-order valence-electron chi connectivity index (χ4n) is 1.54. The first-order valence-corrected chi connectivity index (χ1v) is 7.38. The number of ether oxygens (including phenoxy) is 1. The summed E-state index contributed by atoms with van der Waals surface area (Å²) in [5.41, 5.74) is 5.96. The molecule has 0 aliphatic heterocycles. The Morgan fingerprint density at radius 2 is 2.19 bits per heavy atom. The Labute approximate surface area is 110 Å². The Balaban J connectivity index is 2.48. The van der Waals surface area contributed by atoms with E-state index in [1.165, 1.54) is 17.7 Å². The Morgan fingerprint density at radius 3 is 2.69 bits per heavy atom. The highest BCUT2D eigenvalue weighted by atomic mass is 79.9. The quantitative estimate of drug-likeness (QED) is 0.770. The van der Waals surface area contributed by atoms with E-state index in [1.807, 2.05) is 13.0 Å². The van der Waals surface area contributed by atoms with Crippen LogP contribution >= 0.6 is 27.3 Å². The third kappa shape index (κ3) is 4.53. The van der Waals surface area contributed by atoms with Crippen LogP contribution in [-0.2, 0) is 4.74 Å². The van der Waals surface area contributed by atoms with Gasteiger partial charge in [-0.15, -0.1) is 11.3 Å². The molecule has 0 saturated carbocycles. The zero-order valence-electron chi connectivity index (χ0n) is 9.91. The Hall–Kier alpha value is 0.1000. The van der Waals surface area contributed by atoms with Crippen LogP contribution in [0.3, 0.4) is 0 Å². The topological polar surface area (TPSA) is 35.2 Å². The van der Waals surface area contributed by atoms with Crippen LogP contribution in [0.2, 0.25) is 0 Å². The summed E-state index contributed by atoms with van der Waals surface area (Å²) in [5.74, 6) is 0. The molecule has 1 aromatic rings. The molecule has 0 amide bonds. The molecule has 2 atom stereocenters. The molecule has 0 spiro atoms. The van der Waals surface area contributed by atoms with E-state index in [4.69, 9.17) is 10.5 Å². The molecule has 92 valence electrons. The van der Waals surface area contributed by atoms with Crippen molar-refractivity contribution in [2.24, 2.45) is 5.73 Å². The van der Waals surface area contributed by atoms with Crippen LogP contribution < -0.4 is 5.73 Å². The van der Waals surface area contributed by atoms with Gasteiger partial charge >= 0.3 is 0 Å². The standard InChI is InChI=1S/C12H20BrNOS/c1-3-4-5-8-15-12(9(2)14)10-6-7-11(13)16-10/h6-7,9,12H,3-5,8,14H2,1-2H3. The predicted octanol–water partition coefficient (Wildman–Crippen LogP) is 4.11. The van der Waals surface area contributed by atoms with Gasteiger partial charge in [-0.3, -0.25) is 0 Å². The van der Waals surface area contributed by atoms with Crippen molar-refractivity contribution in [3.63, 3.8) is 0 Å². The predicted molar refractivity (Wildman–Crippen MR) is 73.9 cm³/mol. The van der Waals surface area contributed by atoms with Crippen LogP contribution in [0.5, 0.6) is 0 Å². The van der Waals surface area contributed by atoms with Crippen molar-refractivity contribution in [3.8, 4) is 0 Å². The number of hydrogen-bond acceptors (Lipinski definition) is 3. The van der Waals surface area contributed by atoms with E-state index >= 15 is 0 Å². The van der Waals surface area contributed by atoms with Gasteiger partial charge in [0.25, 0.3) is 0 Å². The Morgan fingerprint density at radius 1 is 1.44 bits per heavy atom. The lowest BCUT2D eigenvalue weighted by molar-refractivity contribution is 0.0384. The van der Waals surface area contributed by atoms with Crippen molar-refractivity contribution < 1.29 is 4.74 Å². The summed E-state index contributed by atoms with van der Waals surface area (Å²) in [4.78, 5) is 1.21. The fraction of sp³-hybridized carbons (Fsp3) is 0.667. The molecule has 0 fully saturated rings. The number of halogens is 1. The molecule has 2 nitrogen and oxygen atoms in total.